The molecule has 0 aromatic heterocycles. The number of aliphatic hydroxyl groups is 1. The van der Waals surface area contributed by atoms with Crippen LogP contribution in [0.25, 0.3) is 0 Å². The van der Waals surface area contributed by atoms with Gasteiger partial charge in [-0.15, -0.1) is 0 Å². The van der Waals surface area contributed by atoms with Crippen LogP contribution in [0.15, 0.2) is 24.3 Å². The maximum absolute atomic E-state index is 8.93. The van der Waals surface area contributed by atoms with Crippen LogP contribution in [0.1, 0.15) is 12.0 Å². The summed E-state index contributed by atoms with van der Waals surface area (Å²) in [6.45, 7) is 6.00. The van der Waals surface area contributed by atoms with Crippen molar-refractivity contribution in [1.29, 1.82) is 0 Å². The second-order valence-corrected chi connectivity index (χ2v) is 4.62. The van der Waals surface area contributed by atoms with Crippen molar-refractivity contribution in [3.8, 4) is 5.75 Å². The second kappa shape index (κ2) is 7.36. The lowest BCUT2D eigenvalue weighted by atomic mass is 10.2. The first kappa shape index (κ1) is 13.3. The van der Waals surface area contributed by atoms with Crippen molar-refractivity contribution in [2.45, 2.75) is 13.0 Å². The molecule has 0 aliphatic carbocycles. The second-order valence-electron chi connectivity index (χ2n) is 4.62. The SMILES string of the molecule is OCc1ccc(OCCC[NH+]2CCOCC2)cc1. The summed E-state index contributed by atoms with van der Waals surface area (Å²) in [5.41, 5.74) is 0.917. The molecule has 0 amide bonds. The van der Waals surface area contributed by atoms with Crippen LogP contribution >= 0.6 is 0 Å². The molecule has 1 fully saturated rings. The van der Waals surface area contributed by atoms with Crippen LogP contribution < -0.4 is 9.64 Å². The van der Waals surface area contributed by atoms with Gasteiger partial charge in [-0.05, 0) is 17.7 Å². The van der Waals surface area contributed by atoms with E-state index in [0.29, 0.717) is 0 Å². The molecule has 0 radical (unpaired) electrons. The minimum atomic E-state index is 0.0840. The monoisotopic (exact) mass is 252 g/mol. The molecule has 0 bridgehead atoms. The van der Waals surface area contributed by atoms with Crippen molar-refractivity contribution in [1.82, 2.24) is 0 Å². The van der Waals surface area contributed by atoms with Crippen LogP contribution in [0.5, 0.6) is 5.75 Å². The van der Waals surface area contributed by atoms with E-state index in [1.807, 2.05) is 24.3 Å². The zero-order valence-electron chi connectivity index (χ0n) is 10.7. The van der Waals surface area contributed by atoms with Gasteiger partial charge in [0.1, 0.15) is 18.8 Å². The van der Waals surface area contributed by atoms with Crippen molar-refractivity contribution in [3.63, 3.8) is 0 Å². The minimum absolute atomic E-state index is 0.0840. The Labute approximate surface area is 108 Å². The fourth-order valence-corrected chi connectivity index (χ4v) is 2.11. The molecule has 1 heterocycles. The van der Waals surface area contributed by atoms with Crippen LogP contribution in [0.3, 0.4) is 0 Å². The summed E-state index contributed by atoms with van der Waals surface area (Å²) in [5.74, 6) is 0.879. The third-order valence-electron chi connectivity index (χ3n) is 3.25. The fourth-order valence-electron chi connectivity index (χ4n) is 2.11. The highest BCUT2D eigenvalue weighted by Gasteiger charge is 2.12. The molecule has 2 rings (SSSR count). The quantitative estimate of drug-likeness (QED) is 0.693. The zero-order chi connectivity index (χ0) is 12.6. The number of aliphatic hydroxyl groups excluding tert-OH is 1. The van der Waals surface area contributed by atoms with E-state index in [0.717, 1.165) is 57.2 Å². The summed E-state index contributed by atoms with van der Waals surface area (Å²) in [7, 11) is 0. The maximum atomic E-state index is 8.93. The number of hydrogen-bond acceptors (Lipinski definition) is 3. The fraction of sp³-hybridized carbons (Fsp3) is 0.571. The summed E-state index contributed by atoms with van der Waals surface area (Å²) < 4.78 is 11.0. The highest BCUT2D eigenvalue weighted by molar-refractivity contribution is 5.26. The third kappa shape index (κ3) is 4.29. The first-order valence-corrected chi connectivity index (χ1v) is 6.62. The molecule has 2 N–H and O–H groups in total. The van der Waals surface area contributed by atoms with Crippen LogP contribution in [-0.4, -0.2) is 44.6 Å². The van der Waals surface area contributed by atoms with Crippen molar-refractivity contribution in [2.75, 3.05) is 39.5 Å². The molecule has 1 aromatic carbocycles. The number of quaternary nitrogens is 1. The van der Waals surface area contributed by atoms with Crippen LogP contribution in [0, 0.1) is 0 Å². The summed E-state index contributed by atoms with van der Waals surface area (Å²) in [5, 5.41) is 8.93. The summed E-state index contributed by atoms with van der Waals surface area (Å²) in [6.07, 6.45) is 1.07. The van der Waals surface area contributed by atoms with Gasteiger partial charge in [0.2, 0.25) is 0 Å². The smallest absolute Gasteiger partial charge is 0.119 e. The van der Waals surface area contributed by atoms with Gasteiger partial charge in [0, 0.05) is 6.42 Å². The molecule has 18 heavy (non-hydrogen) atoms. The first-order chi connectivity index (χ1) is 8.88. The van der Waals surface area contributed by atoms with Crippen LogP contribution in [-0.2, 0) is 11.3 Å². The van der Waals surface area contributed by atoms with E-state index in [-0.39, 0.29) is 6.61 Å². The lowest BCUT2D eigenvalue weighted by Gasteiger charge is -2.23. The highest BCUT2D eigenvalue weighted by Crippen LogP contribution is 2.11. The summed E-state index contributed by atoms with van der Waals surface area (Å²) >= 11 is 0. The standard InChI is InChI=1S/C14H21NO3/c16-12-13-2-4-14(5-3-13)18-9-1-6-15-7-10-17-11-8-15/h2-5,16H,1,6-12H2/p+1. The average Bonchev–Trinajstić information content (AvgIpc) is 2.45. The number of hydrogen-bond donors (Lipinski definition) is 2. The van der Waals surface area contributed by atoms with E-state index in [1.54, 1.807) is 4.90 Å². The lowest BCUT2D eigenvalue weighted by molar-refractivity contribution is -0.908. The topological polar surface area (TPSA) is 43.1 Å². The Hall–Kier alpha value is -1.10. The van der Waals surface area contributed by atoms with Gasteiger partial charge in [0.05, 0.1) is 33.0 Å². The van der Waals surface area contributed by atoms with Gasteiger partial charge >= 0.3 is 0 Å². The normalized spacial score (nSPS) is 16.7. The van der Waals surface area contributed by atoms with Gasteiger partial charge in [-0.2, -0.15) is 0 Å². The van der Waals surface area contributed by atoms with Crippen molar-refractivity contribution in [2.24, 2.45) is 0 Å². The van der Waals surface area contributed by atoms with Gasteiger partial charge in [0.25, 0.3) is 0 Å². The maximum Gasteiger partial charge on any atom is 0.119 e. The van der Waals surface area contributed by atoms with E-state index in [1.165, 1.54) is 0 Å². The zero-order valence-corrected chi connectivity index (χ0v) is 10.7. The highest BCUT2D eigenvalue weighted by atomic mass is 16.5. The largest absolute Gasteiger partial charge is 0.493 e. The summed E-state index contributed by atoms with van der Waals surface area (Å²) in [6, 6.07) is 7.60. The summed E-state index contributed by atoms with van der Waals surface area (Å²) in [4.78, 5) is 1.61. The average molecular weight is 252 g/mol. The molecular weight excluding hydrogens is 230 g/mol. The minimum Gasteiger partial charge on any atom is -0.493 e. The Kier molecular flexibility index (Phi) is 5.45. The molecule has 4 nitrogen and oxygen atoms in total. The first-order valence-electron chi connectivity index (χ1n) is 6.62. The predicted molar refractivity (Wildman–Crippen MR) is 68.9 cm³/mol. The lowest BCUT2D eigenvalue weighted by Crippen LogP contribution is -3.14. The number of morpholine rings is 1. The number of rotatable bonds is 6. The van der Waals surface area contributed by atoms with E-state index in [9.17, 15) is 0 Å². The van der Waals surface area contributed by atoms with Gasteiger partial charge in [0.15, 0.2) is 0 Å². The van der Waals surface area contributed by atoms with Gasteiger partial charge in [-0.1, -0.05) is 12.1 Å². The Morgan fingerprint density at radius 3 is 2.56 bits per heavy atom. The predicted octanol–water partition coefficient (Wildman–Crippen LogP) is -0.137. The Morgan fingerprint density at radius 1 is 1.17 bits per heavy atom. The molecular formula is C14H22NO3+. The molecule has 100 valence electrons. The third-order valence-corrected chi connectivity index (χ3v) is 3.25. The molecule has 1 saturated heterocycles. The van der Waals surface area contributed by atoms with Gasteiger partial charge < -0.3 is 19.5 Å². The van der Waals surface area contributed by atoms with Crippen LogP contribution in [0.2, 0.25) is 0 Å². The number of ether oxygens (including phenoxy) is 2. The molecule has 0 saturated carbocycles. The van der Waals surface area contributed by atoms with Crippen molar-refractivity contribution < 1.29 is 19.5 Å². The molecule has 1 aliphatic rings. The van der Waals surface area contributed by atoms with Crippen molar-refractivity contribution in [3.05, 3.63) is 29.8 Å². The van der Waals surface area contributed by atoms with E-state index >= 15 is 0 Å². The Balaban J connectivity index is 1.62. The molecule has 0 atom stereocenters. The van der Waals surface area contributed by atoms with E-state index in [4.69, 9.17) is 14.6 Å². The molecule has 1 aromatic rings. The van der Waals surface area contributed by atoms with Crippen LogP contribution in [0.4, 0.5) is 0 Å². The molecule has 1 aliphatic heterocycles. The Bertz CT molecular complexity index is 333. The number of nitrogens with one attached hydrogen (secondary N) is 1. The Morgan fingerprint density at radius 2 is 1.89 bits per heavy atom. The van der Waals surface area contributed by atoms with Crippen molar-refractivity contribution >= 4 is 0 Å². The van der Waals surface area contributed by atoms with Gasteiger partial charge in [-0.3, -0.25) is 0 Å². The number of benzene rings is 1. The molecule has 0 spiro atoms. The molecule has 4 heteroatoms. The van der Waals surface area contributed by atoms with E-state index in [2.05, 4.69) is 0 Å². The molecule has 0 unspecified atom stereocenters. The van der Waals surface area contributed by atoms with E-state index < -0.39 is 0 Å². The van der Waals surface area contributed by atoms with Gasteiger partial charge in [-0.25, -0.2) is 0 Å².